The van der Waals surface area contributed by atoms with Crippen molar-refractivity contribution in [1.82, 2.24) is 4.98 Å². The monoisotopic (exact) mass is 287 g/mol. The number of halogens is 1. The van der Waals surface area contributed by atoms with Crippen molar-refractivity contribution in [3.8, 4) is 0 Å². The summed E-state index contributed by atoms with van der Waals surface area (Å²) >= 11 is 1.79. The molecule has 3 rings (SSSR count). The summed E-state index contributed by atoms with van der Waals surface area (Å²) in [6.07, 6.45) is 0. The Hall–Kier alpha value is -1.51. The fourth-order valence-electron chi connectivity index (χ4n) is 1.97. The van der Waals surface area contributed by atoms with Gasteiger partial charge in [-0.3, -0.25) is 4.98 Å². The lowest BCUT2D eigenvalue weighted by atomic mass is 10.2. The molecular weight excluding hydrogens is 274 g/mol. The summed E-state index contributed by atoms with van der Waals surface area (Å²) < 4.78 is 0. The molecule has 1 nitrogen and oxygen atoms in total. The number of aryl methyl sites for hydroxylation is 1. The van der Waals surface area contributed by atoms with Crippen LogP contribution >= 0.6 is 24.2 Å². The van der Waals surface area contributed by atoms with E-state index in [1.807, 2.05) is 19.1 Å². The van der Waals surface area contributed by atoms with E-state index in [1.54, 1.807) is 11.8 Å². The molecule has 0 spiro atoms. The first-order valence-electron chi connectivity index (χ1n) is 5.92. The zero-order chi connectivity index (χ0) is 12.4. The van der Waals surface area contributed by atoms with Gasteiger partial charge in [0.1, 0.15) is 0 Å². The normalized spacial score (nSPS) is 10.2. The average Bonchev–Trinajstić information content (AvgIpc) is 2.40. The lowest BCUT2D eigenvalue weighted by Crippen LogP contribution is -1.86. The van der Waals surface area contributed by atoms with Crippen molar-refractivity contribution < 1.29 is 0 Å². The van der Waals surface area contributed by atoms with Crippen molar-refractivity contribution >= 4 is 35.1 Å². The van der Waals surface area contributed by atoms with Gasteiger partial charge in [0.15, 0.2) is 0 Å². The highest BCUT2D eigenvalue weighted by molar-refractivity contribution is 7.99. The summed E-state index contributed by atoms with van der Waals surface area (Å²) in [6.45, 7) is 2.04. The van der Waals surface area contributed by atoms with Crippen LogP contribution in [0.1, 0.15) is 5.69 Å². The van der Waals surface area contributed by atoms with Gasteiger partial charge in [-0.25, -0.2) is 0 Å². The molecule has 1 heterocycles. The average molecular weight is 288 g/mol. The van der Waals surface area contributed by atoms with Gasteiger partial charge in [0.2, 0.25) is 0 Å². The number of pyridine rings is 1. The van der Waals surface area contributed by atoms with Gasteiger partial charge in [0, 0.05) is 20.9 Å². The Labute approximate surface area is 123 Å². The van der Waals surface area contributed by atoms with Gasteiger partial charge in [0.25, 0.3) is 0 Å². The molecule has 2 aromatic carbocycles. The van der Waals surface area contributed by atoms with Crippen LogP contribution in [0.4, 0.5) is 0 Å². The van der Waals surface area contributed by atoms with Crippen LogP contribution < -0.4 is 0 Å². The van der Waals surface area contributed by atoms with Gasteiger partial charge < -0.3 is 0 Å². The fraction of sp³-hybridized carbons (Fsp3) is 0.0625. The van der Waals surface area contributed by atoms with Crippen molar-refractivity contribution in [3.63, 3.8) is 0 Å². The van der Waals surface area contributed by atoms with Gasteiger partial charge in [-0.1, -0.05) is 48.2 Å². The number of para-hydroxylation sites is 1. The Morgan fingerprint density at radius 3 is 2.37 bits per heavy atom. The zero-order valence-corrected chi connectivity index (χ0v) is 12.2. The summed E-state index contributed by atoms with van der Waals surface area (Å²) in [5.41, 5.74) is 2.13. The molecule has 1 aromatic heterocycles. The maximum absolute atomic E-state index is 4.56. The van der Waals surface area contributed by atoms with Gasteiger partial charge in [-0.2, -0.15) is 0 Å². The standard InChI is InChI=1S/C16H13NS.ClH/c1-12-11-16(18-13-7-3-2-4-8-13)14-9-5-6-10-15(14)17-12;/h2-11H,1H3;1H. The summed E-state index contributed by atoms with van der Waals surface area (Å²) in [5, 5.41) is 1.22. The van der Waals surface area contributed by atoms with Crippen LogP contribution in [0.15, 0.2) is 70.5 Å². The van der Waals surface area contributed by atoms with Crippen molar-refractivity contribution in [2.75, 3.05) is 0 Å². The quantitative estimate of drug-likeness (QED) is 0.649. The topological polar surface area (TPSA) is 12.9 Å². The Morgan fingerprint density at radius 2 is 1.58 bits per heavy atom. The predicted octanol–water partition coefficient (Wildman–Crippen LogP) is 5.12. The molecule has 0 aliphatic carbocycles. The highest BCUT2D eigenvalue weighted by Crippen LogP contribution is 2.33. The minimum Gasteiger partial charge on any atom is -0.253 e. The summed E-state index contributed by atoms with van der Waals surface area (Å²) in [6, 6.07) is 20.9. The second kappa shape index (κ2) is 6.09. The number of hydrogen-bond donors (Lipinski definition) is 0. The van der Waals surface area contributed by atoms with Crippen molar-refractivity contribution in [1.29, 1.82) is 0 Å². The number of benzene rings is 2. The Bertz CT molecular complexity index is 683. The van der Waals surface area contributed by atoms with E-state index in [2.05, 4.69) is 53.5 Å². The Kier molecular flexibility index (Phi) is 4.46. The van der Waals surface area contributed by atoms with Gasteiger partial charge >= 0.3 is 0 Å². The Balaban J connectivity index is 0.00000133. The molecule has 3 heteroatoms. The van der Waals surface area contributed by atoms with Crippen molar-refractivity contribution in [3.05, 3.63) is 66.4 Å². The van der Waals surface area contributed by atoms with Crippen LogP contribution in [0.2, 0.25) is 0 Å². The first-order chi connectivity index (χ1) is 8.83. The minimum absolute atomic E-state index is 0. The summed E-state index contributed by atoms with van der Waals surface area (Å²) in [5.74, 6) is 0. The maximum atomic E-state index is 4.56. The van der Waals surface area contributed by atoms with Crippen LogP contribution in [0.5, 0.6) is 0 Å². The number of hydrogen-bond acceptors (Lipinski definition) is 2. The second-order valence-electron chi connectivity index (χ2n) is 4.19. The molecule has 0 fully saturated rings. The van der Waals surface area contributed by atoms with Crippen LogP contribution in [-0.2, 0) is 0 Å². The highest BCUT2D eigenvalue weighted by atomic mass is 35.5. The minimum atomic E-state index is 0. The molecule has 0 aliphatic rings. The number of fused-ring (bicyclic) bond motifs is 1. The molecule has 0 aliphatic heterocycles. The maximum Gasteiger partial charge on any atom is 0.0716 e. The SMILES string of the molecule is Cc1cc(Sc2ccccc2)c2ccccc2n1.Cl. The molecule has 3 aromatic rings. The molecule has 96 valence electrons. The van der Waals surface area contributed by atoms with Gasteiger partial charge in [-0.15, -0.1) is 12.4 Å². The van der Waals surface area contributed by atoms with E-state index < -0.39 is 0 Å². The molecule has 0 saturated heterocycles. The lowest BCUT2D eigenvalue weighted by Gasteiger charge is -2.07. The molecule has 0 bridgehead atoms. The molecule has 0 N–H and O–H groups in total. The molecule has 0 amide bonds. The van der Waals surface area contributed by atoms with E-state index in [4.69, 9.17) is 0 Å². The summed E-state index contributed by atoms with van der Waals surface area (Å²) in [7, 11) is 0. The van der Waals surface area contributed by atoms with E-state index in [9.17, 15) is 0 Å². The van der Waals surface area contributed by atoms with E-state index >= 15 is 0 Å². The first-order valence-corrected chi connectivity index (χ1v) is 6.74. The van der Waals surface area contributed by atoms with E-state index in [1.165, 1.54) is 15.2 Å². The number of rotatable bonds is 2. The van der Waals surface area contributed by atoms with Crippen LogP contribution in [0, 0.1) is 6.92 Å². The number of aromatic nitrogens is 1. The Morgan fingerprint density at radius 1 is 0.895 bits per heavy atom. The molecule has 0 atom stereocenters. The second-order valence-corrected chi connectivity index (χ2v) is 5.31. The van der Waals surface area contributed by atoms with Crippen LogP contribution in [0.3, 0.4) is 0 Å². The third kappa shape index (κ3) is 3.09. The van der Waals surface area contributed by atoms with Crippen molar-refractivity contribution in [2.24, 2.45) is 0 Å². The van der Waals surface area contributed by atoms with E-state index in [0.29, 0.717) is 0 Å². The zero-order valence-electron chi connectivity index (χ0n) is 10.5. The smallest absolute Gasteiger partial charge is 0.0716 e. The molecule has 0 unspecified atom stereocenters. The van der Waals surface area contributed by atoms with Crippen LogP contribution in [-0.4, -0.2) is 4.98 Å². The highest BCUT2D eigenvalue weighted by Gasteiger charge is 2.04. The largest absolute Gasteiger partial charge is 0.253 e. The first kappa shape index (κ1) is 13.9. The fourth-order valence-corrected chi connectivity index (χ4v) is 3.03. The third-order valence-electron chi connectivity index (χ3n) is 2.78. The van der Waals surface area contributed by atoms with E-state index in [-0.39, 0.29) is 12.4 Å². The molecule has 19 heavy (non-hydrogen) atoms. The van der Waals surface area contributed by atoms with Crippen LogP contribution in [0.25, 0.3) is 10.9 Å². The molecule has 0 radical (unpaired) electrons. The lowest BCUT2D eigenvalue weighted by molar-refractivity contribution is 1.22. The summed E-state index contributed by atoms with van der Waals surface area (Å²) in [4.78, 5) is 7.09. The van der Waals surface area contributed by atoms with E-state index in [0.717, 1.165) is 11.2 Å². The predicted molar refractivity (Wildman–Crippen MR) is 84.3 cm³/mol. The molecular formula is C16H14ClNS. The molecule has 0 saturated carbocycles. The number of nitrogens with zero attached hydrogens (tertiary/aromatic N) is 1. The van der Waals surface area contributed by atoms with Crippen molar-refractivity contribution in [2.45, 2.75) is 16.7 Å². The van der Waals surface area contributed by atoms with Gasteiger partial charge in [0.05, 0.1) is 5.52 Å². The third-order valence-corrected chi connectivity index (χ3v) is 3.84. The van der Waals surface area contributed by atoms with Gasteiger partial charge in [-0.05, 0) is 31.2 Å².